The molecule has 1 unspecified atom stereocenters. The summed E-state index contributed by atoms with van der Waals surface area (Å²) in [6.45, 7) is 1.22. The van der Waals surface area contributed by atoms with Crippen LogP contribution in [0.2, 0.25) is 0 Å². The highest BCUT2D eigenvalue weighted by molar-refractivity contribution is 14.1. The molecule has 22 heavy (non-hydrogen) atoms. The van der Waals surface area contributed by atoms with Gasteiger partial charge in [0.15, 0.2) is 6.54 Å². The normalized spacial score (nSPS) is 11.8. The molecule has 2 aromatic carbocycles. The summed E-state index contributed by atoms with van der Waals surface area (Å²) in [6, 6.07) is 15.7. The standard InChI is InChI=1S/C17H19IN2O2/c1-20(11-13-3-9-16(22-2)10-4-13)12-17(21)19-15-7-5-14(18)6-8-15/h3-10H,11-12H2,1-2H3,(H,19,21)/p+1. The third-order valence-corrected chi connectivity index (χ3v) is 3.97. The van der Waals surface area contributed by atoms with Gasteiger partial charge in [-0.05, 0) is 71.1 Å². The van der Waals surface area contributed by atoms with Gasteiger partial charge in [-0.15, -0.1) is 0 Å². The molecule has 0 aliphatic heterocycles. The lowest BCUT2D eigenvalue weighted by atomic mass is 10.2. The summed E-state index contributed by atoms with van der Waals surface area (Å²) in [5.74, 6) is 0.866. The second-order valence-corrected chi connectivity index (χ2v) is 6.46. The lowest BCUT2D eigenvalue weighted by Crippen LogP contribution is -3.08. The van der Waals surface area contributed by atoms with Gasteiger partial charge in [0.2, 0.25) is 0 Å². The number of quaternary nitrogens is 1. The molecule has 0 fully saturated rings. The van der Waals surface area contributed by atoms with E-state index in [9.17, 15) is 4.79 Å². The van der Waals surface area contributed by atoms with Gasteiger partial charge in [0.1, 0.15) is 12.3 Å². The molecule has 2 N–H and O–H groups in total. The molecule has 0 saturated carbocycles. The van der Waals surface area contributed by atoms with Crippen molar-refractivity contribution in [1.82, 2.24) is 0 Å². The predicted molar refractivity (Wildman–Crippen MR) is 96.2 cm³/mol. The van der Waals surface area contributed by atoms with Crippen LogP contribution in [-0.4, -0.2) is 26.6 Å². The molecule has 0 aromatic heterocycles. The lowest BCUT2D eigenvalue weighted by Gasteiger charge is -2.14. The molecule has 0 heterocycles. The quantitative estimate of drug-likeness (QED) is 0.714. The number of ether oxygens (including phenoxy) is 1. The van der Waals surface area contributed by atoms with Gasteiger partial charge in [0.25, 0.3) is 5.91 Å². The van der Waals surface area contributed by atoms with E-state index in [4.69, 9.17) is 4.74 Å². The first-order valence-corrected chi connectivity index (χ1v) is 8.14. The number of methoxy groups -OCH3 is 1. The van der Waals surface area contributed by atoms with Crippen molar-refractivity contribution in [3.63, 3.8) is 0 Å². The third-order valence-electron chi connectivity index (χ3n) is 3.26. The van der Waals surface area contributed by atoms with E-state index in [1.807, 2.05) is 55.6 Å². The third kappa shape index (κ3) is 5.31. The molecule has 0 saturated heterocycles. The number of benzene rings is 2. The molecule has 0 radical (unpaired) electrons. The summed E-state index contributed by atoms with van der Waals surface area (Å²) in [7, 11) is 3.67. The Bertz CT molecular complexity index is 612. The number of hydrogen-bond donors (Lipinski definition) is 2. The van der Waals surface area contributed by atoms with Crippen LogP contribution >= 0.6 is 22.6 Å². The van der Waals surface area contributed by atoms with Crippen molar-refractivity contribution in [2.45, 2.75) is 6.54 Å². The Morgan fingerprint density at radius 2 is 1.77 bits per heavy atom. The van der Waals surface area contributed by atoms with E-state index in [0.717, 1.165) is 26.5 Å². The van der Waals surface area contributed by atoms with Gasteiger partial charge < -0.3 is 15.0 Å². The van der Waals surface area contributed by atoms with Crippen LogP contribution in [0.5, 0.6) is 5.75 Å². The summed E-state index contributed by atoms with van der Waals surface area (Å²) >= 11 is 2.24. The number of anilines is 1. The molecule has 2 aromatic rings. The largest absolute Gasteiger partial charge is 0.497 e. The minimum atomic E-state index is 0.0206. The number of carbonyl (C=O) groups is 1. The van der Waals surface area contributed by atoms with Crippen LogP contribution in [0, 0.1) is 3.57 Å². The zero-order valence-corrected chi connectivity index (χ0v) is 14.9. The fourth-order valence-electron chi connectivity index (χ4n) is 2.17. The van der Waals surface area contributed by atoms with Crippen molar-refractivity contribution >= 4 is 34.2 Å². The summed E-state index contributed by atoms with van der Waals surface area (Å²) in [5, 5.41) is 2.92. The Morgan fingerprint density at radius 3 is 2.36 bits per heavy atom. The number of hydrogen-bond acceptors (Lipinski definition) is 2. The first-order chi connectivity index (χ1) is 10.6. The molecule has 5 heteroatoms. The van der Waals surface area contributed by atoms with Crippen molar-refractivity contribution in [2.75, 3.05) is 26.0 Å². The van der Waals surface area contributed by atoms with E-state index in [1.165, 1.54) is 5.56 Å². The zero-order chi connectivity index (χ0) is 15.9. The summed E-state index contributed by atoms with van der Waals surface area (Å²) in [4.78, 5) is 13.2. The maximum absolute atomic E-state index is 12.0. The number of amides is 1. The Hall–Kier alpha value is -1.60. The highest BCUT2D eigenvalue weighted by atomic mass is 127. The fourth-order valence-corrected chi connectivity index (χ4v) is 2.53. The molecular formula is C17H20IN2O2+. The monoisotopic (exact) mass is 411 g/mol. The summed E-state index contributed by atoms with van der Waals surface area (Å²) in [6.07, 6.45) is 0. The van der Waals surface area contributed by atoms with E-state index >= 15 is 0 Å². The topological polar surface area (TPSA) is 42.8 Å². The SMILES string of the molecule is COc1ccc(C[NH+](C)CC(=O)Nc2ccc(I)cc2)cc1. The molecule has 0 aliphatic carbocycles. The minimum absolute atomic E-state index is 0.0206. The van der Waals surface area contributed by atoms with Gasteiger partial charge in [-0.1, -0.05) is 0 Å². The van der Waals surface area contributed by atoms with Gasteiger partial charge in [-0.2, -0.15) is 0 Å². The molecule has 4 nitrogen and oxygen atoms in total. The second kappa shape index (κ2) is 8.14. The lowest BCUT2D eigenvalue weighted by molar-refractivity contribution is -0.885. The molecule has 0 bridgehead atoms. The van der Waals surface area contributed by atoms with Crippen LogP contribution < -0.4 is 15.0 Å². The van der Waals surface area contributed by atoms with Crippen molar-refractivity contribution in [2.24, 2.45) is 0 Å². The highest BCUT2D eigenvalue weighted by Gasteiger charge is 2.11. The molecule has 0 spiro atoms. The Morgan fingerprint density at radius 1 is 1.14 bits per heavy atom. The first kappa shape index (κ1) is 16.8. The number of rotatable bonds is 6. The number of carbonyl (C=O) groups excluding carboxylic acids is 1. The van der Waals surface area contributed by atoms with Crippen molar-refractivity contribution in [3.05, 3.63) is 57.7 Å². The van der Waals surface area contributed by atoms with Crippen LogP contribution in [-0.2, 0) is 11.3 Å². The van der Waals surface area contributed by atoms with E-state index in [1.54, 1.807) is 7.11 Å². The first-order valence-electron chi connectivity index (χ1n) is 7.06. The Labute approximate surface area is 144 Å². The van der Waals surface area contributed by atoms with E-state index in [0.29, 0.717) is 6.54 Å². The van der Waals surface area contributed by atoms with Gasteiger partial charge in [-0.25, -0.2) is 0 Å². The fraction of sp³-hybridized carbons (Fsp3) is 0.235. The van der Waals surface area contributed by atoms with E-state index in [-0.39, 0.29) is 5.91 Å². The second-order valence-electron chi connectivity index (χ2n) is 5.21. The van der Waals surface area contributed by atoms with Crippen LogP contribution in [0.4, 0.5) is 5.69 Å². The highest BCUT2D eigenvalue weighted by Crippen LogP contribution is 2.11. The van der Waals surface area contributed by atoms with Crippen LogP contribution in [0.15, 0.2) is 48.5 Å². The van der Waals surface area contributed by atoms with Crippen LogP contribution in [0.3, 0.4) is 0 Å². The van der Waals surface area contributed by atoms with Gasteiger partial charge in [0, 0.05) is 14.8 Å². The van der Waals surface area contributed by atoms with E-state index in [2.05, 4.69) is 27.9 Å². The number of likely N-dealkylation sites (N-methyl/N-ethyl adjacent to an activating group) is 1. The van der Waals surface area contributed by atoms with Crippen LogP contribution in [0.1, 0.15) is 5.56 Å². The number of nitrogens with one attached hydrogen (secondary N) is 2. The molecule has 1 amide bonds. The Kier molecular flexibility index (Phi) is 6.21. The molecular weight excluding hydrogens is 391 g/mol. The average molecular weight is 411 g/mol. The van der Waals surface area contributed by atoms with Crippen molar-refractivity contribution < 1.29 is 14.4 Å². The minimum Gasteiger partial charge on any atom is -0.497 e. The van der Waals surface area contributed by atoms with Gasteiger partial charge >= 0.3 is 0 Å². The van der Waals surface area contributed by atoms with Gasteiger partial charge in [-0.3, -0.25) is 4.79 Å². The van der Waals surface area contributed by atoms with Crippen molar-refractivity contribution in [1.29, 1.82) is 0 Å². The maximum atomic E-state index is 12.0. The van der Waals surface area contributed by atoms with E-state index < -0.39 is 0 Å². The Balaban J connectivity index is 1.83. The van der Waals surface area contributed by atoms with Crippen molar-refractivity contribution in [3.8, 4) is 5.75 Å². The summed E-state index contributed by atoms with van der Waals surface area (Å²) in [5.41, 5.74) is 2.02. The summed E-state index contributed by atoms with van der Waals surface area (Å²) < 4.78 is 6.29. The molecule has 1 atom stereocenters. The number of halogens is 1. The molecule has 116 valence electrons. The maximum Gasteiger partial charge on any atom is 0.279 e. The molecule has 0 aliphatic rings. The smallest absolute Gasteiger partial charge is 0.279 e. The van der Waals surface area contributed by atoms with Gasteiger partial charge in [0.05, 0.1) is 14.2 Å². The average Bonchev–Trinajstić information content (AvgIpc) is 2.50. The predicted octanol–water partition coefficient (Wildman–Crippen LogP) is 1.95. The van der Waals surface area contributed by atoms with Crippen LogP contribution in [0.25, 0.3) is 0 Å². The molecule has 2 rings (SSSR count). The zero-order valence-electron chi connectivity index (χ0n) is 12.7.